The van der Waals surface area contributed by atoms with Crippen LogP contribution in [0.1, 0.15) is 30.9 Å². The molecule has 0 fully saturated rings. The third kappa shape index (κ3) is 4.46. The van der Waals surface area contributed by atoms with Crippen molar-refractivity contribution < 1.29 is 9.21 Å². The van der Waals surface area contributed by atoms with Crippen molar-refractivity contribution in [2.75, 3.05) is 5.75 Å². The fourth-order valence-corrected chi connectivity index (χ4v) is 2.72. The van der Waals surface area contributed by atoms with E-state index in [1.807, 2.05) is 44.2 Å². The van der Waals surface area contributed by atoms with Crippen molar-refractivity contribution in [2.24, 2.45) is 0 Å². The lowest BCUT2D eigenvalue weighted by atomic mass is 10.2. The maximum absolute atomic E-state index is 11.9. The Labute approximate surface area is 123 Å². The number of aryl methyl sites for hydroxylation is 1. The minimum absolute atomic E-state index is 0.0509. The molecule has 0 saturated carbocycles. The van der Waals surface area contributed by atoms with Crippen LogP contribution in [0, 0.1) is 6.92 Å². The SMILES string of the molecule is Cc1ccc(C(C)NC(=O)CCSc2ccccc2)o1. The topological polar surface area (TPSA) is 42.2 Å². The summed E-state index contributed by atoms with van der Waals surface area (Å²) in [5.74, 6) is 2.49. The van der Waals surface area contributed by atoms with Gasteiger partial charge in [-0.15, -0.1) is 11.8 Å². The number of carbonyl (C=O) groups is 1. The quantitative estimate of drug-likeness (QED) is 0.819. The molecule has 0 radical (unpaired) electrons. The van der Waals surface area contributed by atoms with Crippen LogP contribution in [0.3, 0.4) is 0 Å². The minimum Gasteiger partial charge on any atom is -0.464 e. The number of hydrogen-bond donors (Lipinski definition) is 1. The molecule has 4 heteroatoms. The van der Waals surface area contributed by atoms with Gasteiger partial charge in [-0.2, -0.15) is 0 Å². The number of hydrogen-bond acceptors (Lipinski definition) is 3. The molecule has 0 bridgehead atoms. The molecule has 20 heavy (non-hydrogen) atoms. The van der Waals surface area contributed by atoms with Crippen LogP contribution in [-0.2, 0) is 4.79 Å². The van der Waals surface area contributed by atoms with E-state index in [4.69, 9.17) is 4.42 Å². The highest BCUT2D eigenvalue weighted by Crippen LogP contribution is 2.19. The van der Waals surface area contributed by atoms with Crippen LogP contribution < -0.4 is 5.32 Å². The number of rotatable bonds is 6. The smallest absolute Gasteiger partial charge is 0.221 e. The van der Waals surface area contributed by atoms with Crippen LogP contribution in [-0.4, -0.2) is 11.7 Å². The van der Waals surface area contributed by atoms with Gasteiger partial charge in [-0.05, 0) is 38.1 Å². The van der Waals surface area contributed by atoms with E-state index in [2.05, 4.69) is 17.4 Å². The van der Waals surface area contributed by atoms with Gasteiger partial charge in [-0.25, -0.2) is 0 Å². The van der Waals surface area contributed by atoms with E-state index in [0.29, 0.717) is 6.42 Å². The Bertz CT molecular complexity index is 551. The van der Waals surface area contributed by atoms with E-state index in [-0.39, 0.29) is 11.9 Å². The van der Waals surface area contributed by atoms with Gasteiger partial charge in [0.05, 0.1) is 6.04 Å². The molecule has 1 amide bonds. The lowest BCUT2D eigenvalue weighted by Crippen LogP contribution is -2.26. The summed E-state index contributed by atoms with van der Waals surface area (Å²) in [5.41, 5.74) is 0. The molecule has 1 unspecified atom stereocenters. The van der Waals surface area contributed by atoms with Crippen LogP contribution in [0.25, 0.3) is 0 Å². The molecule has 0 aliphatic heterocycles. The second-order valence-electron chi connectivity index (χ2n) is 4.65. The summed E-state index contributed by atoms with van der Waals surface area (Å²) in [4.78, 5) is 13.0. The molecule has 1 aromatic carbocycles. The first kappa shape index (κ1) is 14.7. The lowest BCUT2D eigenvalue weighted by Gasteiger charge is -2.11. The molecule has 2 aromatic rings. The van der Waals surface area contributed by atoms with E-state index in [0.717, 1.165) is 17.3 Å². The van der Waals surface area contributed by atoms with Gasteiger partial charge in [-0.3, -0.25) is 4.79 Å². The van der Waals surface area contributed by atoms with Crippen LogP contribution >= 0.6 is 11.8 Å². The average molecular weight is 289 g/mol. The first-order chi connectivity index (χ1) is 9.65. The Hall–Kier alpha value is -1.68. The van der Waals surface area contributed by atoms with Crippen molar-refractivity contribution in [3.63, 3.8) is 0 Å². The monoisotopic (exact) mass is 289 g/mol. The number of nitrogens with one attached hydrogen (secondary N) is 1. The molecular weight excluding hydrogens is 270 g/mol. The molecule has 1 aromatic heterocycles. The van der Waals surface area contributed by atoms with Crippen molar-refractivity contribution in [1.29, 1.82) is 0 Å². The molecule has 3 nitrogen and oxygen atoms in total. The molecule has 0 saturated heterocycles. The van der Waals surface area contributed by atoms with Gasteiger partial charge in [-0.1, -0.05) is 18.2 Å². The fraction of sp³-hybridized carbons (Fsp3) is 0.312. The molecule has 106 valence electrons. The van der Waals surface area contributed by atoms with E-state index in [9.17, 15) is 4.79 Å². The van der Waals surface area contributed by atoms with Gasteiger partial charge in [0.1, 0.15) is 11.5 Å². The number of amides is 1. The molecule has 1 atom stereocenters. The van der Waals surface area contributed by atoms with Gasteiger partial charge in [0, 0.05) is 17.1 Å². The fourth-order valence-electron chi connectivity index (χ4n) is 1.85. The number of benzene rings is 1. The normalized spacial score (nSPS) is 12.1. The predicted octanol–water partition coefficient (Wildman–Crippen LogP) is 3.95. The first-order valence-electron chi connectivity index (χ1n) is 6.68. The summed E-state index contributed by atoms with van der Waals surface area (Å²) in [6, 6.07) is 13.8. The molecule has 2 rings (SSSR count). The molecule has 1 N–H and O–H groups in total. The van der Waals surface area contributed by atoms with Gasteiger partial charge >= 0.3 is 0 Å². The van der Waals surface area contributed by atoms with Gasteiger partial charge < -0.3 is 9.73 Å². The summed E-state index contributed by atoms with van der Waals surface area (Å²) < 4.78 is 5.50. The van der Waals surface area contributed by atoms with E-state index in [1.54, 1.807) is 11.8 Å². The summed E-state index contributed by atoms with van der Waals surface area (Å²) in [6.07, 6.45) is 0.504. The van der Waals surface area contributed by atoms with Gasteiger partial charge in [0.15, 0.2) is 0 Å². The summed E-state index contributed by atoms with van der Waals surface area (Å²) >= 11 is 1.69. The Morgan fingerprint density at radius 1 is 1.25 bits per heavy atom. The van der Waals surface area contributed by atoms with E-state index < -0.39 is 0 Å². The second kappa shape index (κ2) is 7.20. The molecule has 0 spiro atoms. The zero-order valence-corrected chi connectivity index (χ0v) is 12.6. The van der Waals surface area contributed by atoms with Crippen LogP contribution in [0.15, 0.2) is 51.8 Å². The van der Waals surface area contributed by atoms with Crippen molar-refractivity contribution >= 4 is 17.7 Å². The maximum atomic E-state index is 11.9. The lowest BCUT2D eigenvalue weighted by molar-refractivity contribution is -0.121. The van der Waals surface area contributed by atoms with Crippen molar-refractivity contribution in [1.82, 2.24) is 5.32 Å². The largest absolute Gasteiger partial charge is 0.464 e. The minimum atomic E-state index is -0.0853. The highest BCUT2D eigenvalue weighted by molar-refractivity contribution is 7.99. The van der Waals surface area contributed by atoms with Crippen molar-refractivity contribution in [2.45, 2.75) is 31.2 Å². The highest BCUT2D eigenvalue weighted by Gasteiger charge is 2.12. The zero-order valence-electron chi connectivity index (χ0n) is 11.8. The third-order valence-electron chi connectivity index (χ3n) is 2.91. The zero-order chi connectivity index (χ0) is 14.4. The van der Waals surface area contributed by atoms with Crippen LogP contribution in [0.5, 0.6) is 0 Å². The second-order valence-corrected chi connectivity index (χ2v) is 5.82. The van der Waals surface area contributed by atoms with Crippen LogP contribution in [0.4, 0.5) is 0 Å². The number of carbonyl (C=O) groups excluding carboxylic acids is 1. The summed E-state index contributed by atoms with van der Waals surface area (Å²) in [5, 5.41) is 2.95. The Balaban J connectivity index is 1.73. The molecule has 0 aliphatic rings. The third-order valence-corrected chi connectivity index (χ3v) is 3.92. The first-order valence-corrected chi connectivity index (χ1v) is 7.67. The Morgan fingerprint density at radius 2 is 2.00 bits per heavy atom. The van der Waals surface area contributed by atoms with E-state index >= 15 is 0 Å². The average Bonchev–Trinajstić information content (AvgIpc) is 2.87. The van der Waals surface area contributed by atoms with Crippen molar-refractivity contribution in [3.05, 3.63) is 54.0 Å². The Morgan fingerprint density at radius 3 is 2.65 bits per heavy atom. The van der Waals surface area contributed by atoms with Crippen molar-refractivity contribution in [3.8, 4) is 0 Å². The molecular formula is C16H19NO2S. The maximum Gasteiger partial charge on any atom is 0.221 e. The van der Waals surface area contributed by atoms with Gasteiger partial charge in [0.2, 0.25) is 5.91 Å². The number of thioether (sulfide) groups is 1. The molecule has 0 aliphatic carbocycles. The summed E-state index contributed by atoms with van der Waals surface area (Å²) in [7, 11) is 0. The standard InChI is InChI=1S/C16H19NO2S/c1-12-8-9-15(19-12)13(2)17-16(18)10-11-20-14-6-4-3-5-7-14/h3-9,13H,10-11H2,1-2H3,(H,17,18). The highest BCUT2D eigenvalue weighted by atomic mass is 32.2. The van der Waals surface area contributed by atoms with Crippen LogP contribution in [0.2, 0.25) is 0 Å². The number of furan rings is 1. The molecule has 1 heterocycles. The Kier molecular flexibility index (Phi) is 5.30. The van der Waals surface area contributed by atoms with Gasteiger partial charge in [0.25, 0.3) is 0 Å². The van der Waals surface area contributed by atoms with E-state index in [1.165, 1.54) is 4.90 Å². The predicted molar refractivity (Wildman–Crippen MR) is 81.8 cm³/mol. The summed E-state index contributed by atoms with van der Waals surface area (Å²) in [6.45, 7) is 3.83.